The maximum Gasteiger partial charge on any atom is 0.240 e. The molecule has 0 saturated heterocycles. The van der Waals surface area contributed by atoms with Gasteiger partial charge in [-0.1, -0.05) is 60.7 Å². The summed E-state index contributed by atoms with van der Waals surface area (Å²) in [5, 5.41) is 15.4. The summed E-state index contributed by atoms with van der Waals surface area (Å²) in [5.41, 5.74) is 2.93. The van der Waals surface area contributed by atoms with Gasteiger partial charge in [0.1, 0.15) is 5.82 Å². The van der Waals surface area contributed by atoms with E-state index in [0.29, 0.717) is 34.9 Å². The minimum absolute atomic E-state index is 0.0393. The van der Waals surface area contributed by atoms with E-state index in [0.717, 1.165) is 11.1 Å². The molecule has 8 nitrogen and oxygen atoms in total. The van der Waals surface area contributed by atoms with Gasteiger partial charge in [-0.2, -0.15) is 4.98 Å². The maximum absolute atomic E-state index is 13.0. The summed E-state index contributed by atoms with van der Waals surface area (Å²) in [4.78, 5) is 8.83. The van der Waals surface area contributed by atoms with Gasteiger partial charge in [0.25, 0.3) is 0 Å². The molecule has 4 aromatic rings. The number of aromatic nitrogens is 2. The van der Waals surface area contributed by atoms with Gasteiger partial charge in [-0.15, -0.1) is 0 Å². The van der Waals surface area contributed by atoms with Crippen LogP contribution in [0.4, 0.5) is 17.5 Å². The van der Waals surface area contributed by atoms with E-state index in [4.69, 9.17) is 0 Å². The third-order valence-electron chi connectivity index (χ3n) is 5.95. The van der Waals surface area contributed by atoms with Gasteiger partial charge in [-0.05, 0) is 64.7 Å². The number of rotatable bonds is 12. The standard InChI is InChI=1S/C28H30BrN5O3S/c1-20(19-35)32-27-26(29)18-30-28(34-27)33-23-12-14-24(15-13-23)38(36,37)31-17-16-25(21-8-4-2-5-9-21)22-10-6-3-7-11-22/h2-15,18,20,25,31,35H,16-17,19H2,1H3,(H2,30,32,33,34)/t20-/m1/s1. The second-order valence-corrected chi connectivity index (χ2v) is 11.4. The fourth-order valence-corrected chi connectivity index (χ4v) is 5.32. The maximum atomic E-state index is 13.0. The topological polar surface area (TPSA) is 116 Å². The summed E-state index contributed by atoms with van der Waals surface area (Å²) >= 11 is 3.39. The normalized spacial score (nSPS) is 12.3. The molecule has 4 rings (SSSR count). The van der Waals surface area contributed by atoms with E-state index >= 15 is 0 Å². The first-order valence-electron chi connectivity index (χ1n) is 12.2. The molecule has 0 amide bonds. The lowest BCUT2D eigenvalue weighted by Crippen LogP contribution is -2.26. The second kappa shape index (κ2) is 13.0. The van der Waals surface area contributed by atoms with E-state index in [-0.39, 0.29) is 23.5 Å². The first-order valence-corrected chi connectivity index (χ1v) is 14.5. The molecule has 1 atom stereocenters. The molecular weight excluding hydrogens is 566 g/mol. The first-order chi connectivity index (χ1) is 18.4. The average Bonchev–Trinajstić information content (AvgIpc) is 2.94. The molecule has 0 radical (unpaired) electrons. The van der Waals surface area contributed by atoms with Crippen LogP contribution in [0, 0.1) is 0 Å². The number of hydrogen-bond acceptors (Lipinski definition) is 7. The number of sulfonamides is 1. The van der Waals surface area contributed by atoms with Gasteiger partial charge in [-0.25, -0.2) is 18.1 Å². The molecule has 0 saturated carbocycles. The third-order valence-corrected chi connectivity index (χ3v) is 8.01. The lowest BCUT2D eigenvalue weighted by Gasteiger charge is -2.18. The molecule has 0 aliphatic rings. The second-order valence-electron chi connectivity index (χ2n) is 8.83. The number of nitrogens with one attached hydrogen (secondary N) is 3. The molecule has 38 heavy (non-hydrogen) atoms. The van der Waals surface area contributed by atoms with Crippen LogP contribution in [0.2, 0.25) is 0 Å². The lowest BCUT2D eigenvalue weighted by molar-refractivity contribution is 0.281. The third kappa shape index (κ3) is 7.38. The molecule has 0 spiro atoms. The molecule has 0 unspecified atom stereocenters. The molecule has 4 N–H and O–H groups in total. The van der Waals surface area contributed by atoms with Crippen molar-refractivity contribution in [2.24, 2.45) is 0 Å². The van der Waals surface area contributed by atoms with E-state index < -0.39 is 10.0 Å². The number of halogens is 1. The predicted octanol–water partition coefficient (Wildman–Crippen LogP) is 5.28. The average molecular weight is 597 g/mol. The first kappa shape index (κ1) is 27.7. The Morgan fingerprint density at radius 1 is 0.921 bits per heavy atom. The number of nitrogens with zero attached hydrogens (tertiary/aromatic N) is 2. The van der Waals surface area contributed by atoms with E-state index in [1.807, 2.05) is 43.3 Å². The highest BCUT2D eigenvalue weighted by molar-refractivity contribution is 9.10. The highest BCUT2D eigenvalue weighted by Crippen LogP contribution is 2.28. The van der Waals surface area contributed by atoms with E-state index in [2.05, 4.69) is 65.5 Å². The van der Waals surface area contributed by atoms with Crippen LogP contribution < -0.4 is 15.4 Å². The summed E-state index contributed by atoms with van der Waals surface area (Å²) < 4.78 is 29.4. The Labute approximate surface area is 231 Å². The van der Waals surface area contributed by atoms with Gasteiger partial charge in [0.05, 0.1) is 16.0 Å². The van der Waals surface area contributed by atoms with Crippen LogP contribution in [0.5, 0.6) is 0 Å². The largest absolute Gasteiger partial charge is 0.394 e. The Balaban J connectivity index is 1.40. The summed E-state index contributed by atoms with van der Waals surface area (Å²) in [6, 6.07) is 26.5. The quantitative estimate of drug-likeness (QED) is 0.176. The van der Waals surface area contributed by atoms with Crippen molar-refractivity contribution in [3.63, 3.8) is 0 Å². The molecule has 3 aromatic carbocycles. The molecule has 0 aliphatic heterocycles. The van der Waals surface area contributed by atoms with Gasteiger partial charge in [0.15, 0.2) is 0 Å². The predicted molar refractivity (Wildman–Crippen MR) is 154 cm³/mol. The van der Waals surface area contributed by atoms with Crippen molar-refractivity contribution >= 4 is 43.4 Å². The van der Waals surface area contributed by atoms with Crippen LogP contribution in [0.15, 0.2) is 100 Å². The van der Waals surface area contributed by atoms with Gasteiger partial charge < -0.3 is 15.7 Å². The van der Waals surface area contributed by atoms with Crippen molar-refractivity contribution in [2.45, 2.75) is 30.2 Å². The van der Waals surface area contributed by atoms with Gasteiger partial charge >= 0.3 is 0 Å². The van der Waals surface area contributed by atoms with Gasteiger partial charge in [-0.3, -0.25) is 0 Å². The number of benzene rings is 3. The minimum atomic E-state index is -3.69. The zero-order chi connectivity index (χ0) is 27.0. The highest BCUT2D eigenvalue weighted by atomic mass is 79.9. The Bertz CT molecular complexity index is 1380. The Kier molecular flexibility index (Phi) is 9.46. The molecule has 1 aromatic heterocycles. The molecule has 198 valence electrons. The number of hydrogen-bond donors (Lipinski definition) is 4. The van der Waals surface area contributed by atoms with E-state index in [1.165, 1.54) is 0 Å². The zero-order valence-corrected chi connectivity index (χ0v) is 23.3. The molecule has 0 fully saturated rings. The smallest absolute Gasteiger partial charge is 0.240 e. The molecular formula is C28H30BrN5O3S. The Hall–Kier alpha value is -3.31. The zero-order valence-electron chi connectivity index (χ0n) is 20.9. The Morgan fingerprint density at radius 3 is 2.11 bits per heavy atom. The SMILES string of the molecule is C[C@H](CO)Nc1nc(Nc2ccc(S(=O)(=O)NCCC(c3ccccc3)c3ccccc3)cc2)ncc1Br. The molecule has 1 heterocycles. The van der Waals surface area contributed by atoms with Crippen LogP contribution in [0.3, 0.4) is 0 Å². The van der Waals surface area contributed by atoms with Crippen LogP contribution in [-0.4, -0.2) is 42.7 Å². The minimum Gasteiger partial charge on any atom is -0.394 e. The number of aliphatic hydroxyl groups is 1. The van der Waals surface area contributed by atoms with Crippen molar-refractivity contribution in [2.75, 3.05) is 23.8 Å². The number of anilines is 3. The van der Waals surface area contributed by atoms with Crippen molar-refractivity contribution in [1.29, 1.82) is 0 Å². The number of aliphatic hydroxyl groups excluding tert-OH is 1. The molecule has 0 bridgehead atoms. The van der Waals surface area contributed by atoms with Crippen molar-refractivity contribution in [3.05, 3.63) is 107 Å². The fourth-order valence-electron chi connectivity index (χ4n) is 3.97. The monoisotopic (exact) mass is 595 g/mol. The summed E-state index contributed by atoms with van der Waals surface area (Å²) in [6.45, 7) is 2.09. The van der Waals surface area contributed by atoms with Crippen LogP contribution in [0.1, 0.15) is 30.4 Å². The van der Waals surface area contributed by atoms with Crippen LogP contribution in [0.25, 0.3) is 0 Å². The fraction of sp³-hybridized carbons (Fsp3) is 0.214. The lowest BCUT2D eigenvalue weighted by atomic mass is 9.89. The van der Waals surface area contributed by atoms with Crippen molar-refractivity contribution < 1.29 is 13.5 Å². The summed E-state index contributed by atoms with van der Waals surface area (Å²) in [5.74, 6) is 0.955. The van der Waals surface area contributed by atoms with Crippen molar-refractivity contribution in [1.82, 2.24) is 14.7 Å². The van der Waals surface area contributed by atoms with Gasteiger partial charge in [0, 0.05) is 30.4 Å². The molecule has 0 aliphatic carbocycles. The molecule has 10 heteroatoms. The highest BCUT2D eigenvalue weighted by Gasteiger charge is 2.18. The van der Waals surface area contributed by atoms with Crippen LogP contribution >= 0.6 is 15.9 Å². The van der Waals surface area contributed by atoms with E-state index in [9.17, 15) is 13.5 Å². The Morgan fingerprint density at radius 2 is 1.53 bits per heavy atom. The van der Waals surface area contributed by atoms with Crippen molar-refractivity contribution in [3.8, 4) is 0 Å². The van der Waals surface area contributed by atoms with E-state index in [1.54, 1.807) is 30.5 Å². The summed E-state index contributed by atoms with van der Waals surface area (Å²) in [7, 11) is -3.69. The summed E-state index contributed by atoms with van der Waals surface area (Å²) in [6.07, 6.45) is 2.22. The van der Waals surface area contributed by atoms with Gasteiger partial charge in [0.2, 0.25) is 16.0 Å². The van der Waals surface area contributed by atoms with Crippen LogP contribution in [-0.2, 0) is 10.0 Å².